The van der Waals surface area contributed by atoms with Crippen LogP contribution in [0.2, 0.25) is 0 Å². The number of halogens is 3. The number of ether oxygens (including phenoxy) is 1. The fourth-order valence-corrected chi connectivity index (χ4v) is 2.66. The molecule has 26 heavy (non-hydrogen) atoms. The first-order chi connectivity index (χ1) is 12.3. The molecule has 1 aliphatic heterocycles. The number of rotatable bonds is 5. The number of nitrogens with one attached hydrogen (secondary N) is 1. The highest BCUT2D eigenvalue weighted by Crippen LogP contribution is 2.36. The van der Waals surface area contributed by atoms with Crippen molar-refractivity contribution in [3.8, 4) is 0 Å². The second kappa shape index (κ2) is 7.15. The van der Waals surface area contributed by atoms with Gasteiger partial charge >= 0.3 is 12.3 Å². The number of anilines is 3. The minimum Gasteiger partial charge on any atom is -0.445 e. The second-order valence-electron chi connectivity index (χ2n) is 6.12. The Balaban J connectivity index is 1.54. The standard InChI is InChI=1S/C18H18F3N3O2/c19-18(20,21)13-9-24(10-13)16-7-5-15(6-8-16)23-14-3-1-12(2-4-14)11-26-17(22)25/h1-8,13,23H,9-11H2,(H2,22,25). The van der Waals surface area contributed by atoms with Crippen molar-refractivity contribution >= 4 is 23.2 Å². The van der Waals surface area contributed by atoms with E-state index < -0.39 is 18.2 Å². The normalized spacial score (nSPS) is 14.7. The van der Waals surface area contributed by atoms with Crippen molar-refractivity contribution in [1.82, 2.24) is 0 Å². The van der Waals surface area contributed by atoms with E-state index in [2.05, 4.69) is 5.32 Å². The molecule has 138 valence electrons. The number of amides is 1. The molecule has 5 nitrogen and oxygen atoms in total. The van der Waals surface area contributed by atoms with Gasteiger partial charge in [-0.1, -0.05) is 12.1 Å². The lowest BCUT2D eigenvalue weighted by molar-refractivity contribution is -0.180. The maximum absolute atomic E-state index is 12.5. The first-order valence-electron chi connectivity index (χ1n) is 8.01. The summed E-state index contributed by atoms with van der Waals surface area (Å²) >= 11 is 0. The number of benzene rings is 2. The first-order valence-corrected chi connectivity index (χ1v) is 8.01. The first kappa shape index (κ1) is 17.9. The number of carbonyl (C=O) groups excluding carboxylic acids is 1. The molecule has 1 amide bonds. The minimum atomic E-state index is -4.12. The van der Waals surface area contributed by atoms with Gasteiger partial charge in [0, 0.05) is 30.2 Å². The van der Waals surface area contributed by atoms with E-state index in [9.17, 15) is 18.0 Å². The van der Waals surface area contributed by atoms with Gasteiger partial charge in [0.2, 0.25) is 0 Å². The maximum atomic E-state index is 12.5. The van der Waals surface area contributed by atoms with E-state index in [1.807, 2.05) is 24.3 Å². The summed E-state index contributed by atoms with van der Waals surface area (Å²) in [6.07, 6.45) is -4.94. The summed E-state index contributed by atoms with van der Waals surface area (Å²) in [6, 6.07) is 14.5. The lowest BCUT2D eigenvalue weighted by Gasteiger charge is -2.41. The Morgan fingerprint density at radius 1 is 1.08 bits per heavy atom. The molecule has 0 bridgehead atoms. The molecule has 3 N–H and O–H groups in total. The summed E-state index contributed by atoms with van der Waals surface area (Å²) in [6.45, 7) is 0.120. The van der Waals surface area contributed by atoms with Gasteiger partial charge in [-0.25, -0.2) is 4.79 Å². The maximum Gasteiger partial charge on any atom is 0.404 e. The average Bonchev–Trinajstić information content (AvgIpc) is 2.53. The average molecular weight is 365 g/mol. The van der Waals surface area contributed by atoms with Crippen LogP contribution in [0.3, 0.4) is 0 Å². The summed E-state index contributed by atoms with van der Waals surface area (Å²) in [4.78, 5) is 12.3. The number of hydrogen-bond acceptors (Lipinski definition) is 4. The van der Waals surface area contributed by atoms with E-state index in [-0.39, 0.29) is 19.7 Å². The van der Waals surface area contributed by atoms with E-state index in [0.717, 1.165) is 22.6 Å². The van der Waals surface area contributed by atoms with Crippen LogP contribution in [0, 0.1) is 5.92 Å². The summed E-state index contributed by atoms with van der Waals surface area (Å²) in [5.41, 5.74) is 8.15. The number of nitrogens with two attached hydrogens (primary N) is 1. The van der Waals surface area contributed by atoms with Crippen molar-refractivity contribution in [3.63, 3.8) is 0 Å². The molecule has 2 aromatic carbocycles. The molecule has 1 heterocycles. The quantitative estimate of drug-likeness (QED) is 0.840. The molecule has 0 saturated carbocycles. The number of primary amides is 1. The molecular formula is C18H18F3N3O2. The topological polar surface area (TPSA) is 67.6 Å². The van der Waals surface area contributed by atoms with Gasteiger partial charge in [-0.2, -0.15) is 13.2 Å². The summed E-state index contributed by atoms with van der Waals surface area (Å²) in [5.74, 6) is -1.24. The third-order valence-electron chi connectivity index (χ3n) is 4.20. The van der Waals surface area contributed by atoms with Crippen LogP contribution in [-0.2, 0) is 11.3 Å². The van der Waals surface area contributed by atoms with Crippen molar-refractivity contribution < 1.29 is 22.7 Å². The van der Waals surface area contributed by atoms with Gasteiger partial charge in [-0.05, 0) is 42.0 Å². The highest BCUT2D eigenvalue weighted by molar-refractivity contribution is 5.65. The van der Waals surface area contributed by atoms with E-state index in [4.69, 9.17) is 10.5 Å². The molecule has 3 rings (SSSR count). The SMILES string of the molecule is NC(=O)OCc1ccc(Nc2ccc(N3CC(C(F)(F)F)C3)cc2)cc1. The number of nitrogens with zero attached hydrogens (tertiary/aromatic N) is 1. The van der Waals surface area contributed by atoms with Crippen LogP contribution in [-0.4, -0.2) is 25.4 Å². The van der Waals surface area contributed by atoms with Gasteiger partial charge < -0.3 is 20.7 Å². The molecule has 1 saturated heterocycles. The van der Waals surface area contributed by atoms with Crippen molar-refractivity contribution in [2.45, 2.75) is 12.8 Å². The van der Waals surface area contributed by atoms with Gasteiger partial charge in [0.1, 0.15) is 6.61 Å². The highest BCUT2D eigenvalue weighted by atomic mass is 19.4. The Kier molecular flexibility index (Phi) is 4.92. The second-order valence-corrected chi connectivity index (χ2v) is 6.12. The molecule has 8 heteroatoms. The largest absolute Gasteiger partial charge is 0.445 e. The predicted molar refractivity (Wildman–Crippen MR) is 92.3 cm³/mol. The Labute approximate surface area is 148 Å². The molecule has 0 aromatic heterocycles. The number of alkyl halides is 3. The minimum absolute atomic E-state index is 0.00507. The van der Waals surface area contributed by atoms with E-state index in [1.165, 1.54) is 0 Å². The third kappa shape index (κ3) is 4.38. The fraction of sp³-hybridized carbons (Fsp3) is 0.278. The smallest absolute Gasteiger partial charge is 0.404 e. The summed E-state index contributed by atoms with van der Waals surface area (Å²) in [5, 5.41) is 3.20. The van der Waals surface area contributed by atoms with E-state index in [0.29, 0.717) is 0 Å². The van der Waals surface area contributed by atoms with Gasteiger partial charge in [0.05, 0.1) is 5.92 Å². The van der Waals surface area contributed by atoms with Crippen LogP contribution < -0.4 is 16.0 Å². The Hall–Kier alpha value is -2.90. The molecular weight excluding hydrogens is 347 g/mol. The molecule has 1 aliphatic rings. The zero-order chi connectivity index (χ0) is 18.7. The zero-order valence-corrected chi connectivity index (χ0v) is 13.8. The molecule has 0 atom stereocenters. The fourth-order valence-electron chi connectivity index (χ4n) is 2.66. The van der Waals surface area contributed by atoms with E-state index in [1.54, 1.807) is 29.2 Å². The van der Waals surface area contributed by atoms with E-state index >= 15 is 0 Å². The monoisotopic (exact) mass is 365 g/mol. The van der Waals surface area contributed by atoms with Gasteiger partial charge in [0.15, 0.2) is 0 Å². The van der Waals surface area contributed by atoms with Gasteiger partial charge in [-0.15, -0.1) is 0 Å². The summed E-state index contributed by atoms with van der Waals surface area (Å²) in [7, 11) is 0. The molecule has 0 unspecified atom stereocenters. The molecule has 2 aromatic rings. The zero-order valence-electron chi connectivity index (χ0n) is 13.8. The molecule has 0 aliphatic carbocycles. The van der Waals surface area contributed by atoms with Crippen molar-refractivity contribution in [1.29, 1.82) is 0 Å². The van der Waals surface area contributed by atoms with Crippen LogP contribution in [0.15, 0.2) is 48.5 Å². The van der Waals surface area contributed by atoms with Crippen LogP contribution in [0.5, 0.6) is 0 Å². The van der Waals surface area contributed by atoms with Crippen LogP contribution >= 0.6 is 0 Å². The van der Waals surface area contributed by atoms with Gasteiger partial charge in [0.25, 0.3) is 0 Å². The molecule has 0 spiro atoms. The lowest BCUT2D eigenvalue weighted by atomic mass is 9.98. The lowest BCUT2D eigenvalue weighted by Crippen LogP contribution is -2.53. The van der Waals surface area contributed by atoms with Gasteiger partial charge in [-0.3, -0.25) is 0 Å². The number of hydrogen-bond donors (Lipinski definition) is 2. The van der Waals surface area contributed by atoms with Crippen LogP contribution in [0.25, 0.3) is 0 Å². The van der Waals surface area contributed by atoms with Crippen LogP contribution in [0.1, 0.15) is 5.56 Å². The Bertz CT molecular complexity index is 755. The van der Waals surface area contributed by atoms with Crippen molar-refractivity contribution in [2.24, 2.45) is 11.7 Å². The Morgan fingerprint density at radius 3 is 2.12 bits per heavy atom. The highest BCUT2D eigenvalue weighted by Gasteiger charge is 2.47. The van der Waals surface area contributed by atoms with Crippen molar-refractivity contribution in [2.75, 3.05) is 23.3 Å². The van der Waals surface area contributed by atoms with Crippen molar-refractivity contribution in [3.05, 3.63) is 54.1 Å². The molecule has 0 radical (unpaired) electrons. The Morgan fingerprint density at radius 2 is 1.62 bits per heavy atom. The van der Waals surface area contributed by atoms with Crippen LogP contribution in [0.4, 0.5) is 35.0 Å². The number of carbonyl (C=O) groups is 1. The summed E-state index contributed by atoms with van der Waals surface area (Å²) < 4.78 is 42.3. The third-order valence-corrected chi connectivity index (χ3v) is 4.20. The molecule has 1 fully saturated rings. The predicted octanol–water partition coefficient (Wildman–Crippen LogP) is 4.02.